The van der Waals surface area contributed by atoms with Gasteiger partial charge in [-0.25, -0.2) is 0 Å². The van der Waals surface area contributed by atoms with Gasteiger partial charge in [0, 0.05) is 12.0 Å². The van der Waals surface area contributed by atoms with E-state index in [9.17, 15) is 4.79 Å². The van der Waals surface area contributed by atoms with Gasteiger partial charge in [-0.3, -0.25) is 4.79 Å². The Morgan fingerprint density at radius 2 is 1.91 bits per heavy atom. The van der Waals surface area contributed by atoms with E-state index in [-0.39, 0.29) is 11.7 Å². The van der Waals surface area contributed by atoms with E-state index >= 15 is 0 Å². The Balaban J connectivity index is 2.38. The van der Waals surface area contributed by atoms with Crippen molar-refractivity contribution >= 4 is 5.78 Å². The van der Waals surface area contributed by atoms with Crippen LogP contribution < -0.4 is 5.73 Å². The van der Waals surface area contributed by atoms with Gasteiger partial charge >= 0.3 is 0 Å². The van der Waals surface area contributed by atoms with Gasteiger partial charge < -0.3 is 5.73 Å². The molecule has 0 aliphatic heterocycles. The van der Waals surface area contributed by atoms with E-state index in [1.807, 2.05) is 0 Å². The molecule has 0 bridgehead atoms. The summed E-state index contributed by atoms with van der Waals surface area (Å²) in [4.78, 5) is 11.1. The number of ketones is 1. The highest BCUT2D eigenvalue weighted by Crippen LogP contribution is 2.23. The molecule has 1 rings (SSSR count). The van der Waals surface area contributed by atoms with Crippen molar-refractivity contribution in [2.75, 3.05) is 0 Å². The molecule has 0 atom stereocenters. The first-order valence-electron chi connectivity index (χ1n) is 4.16. The van der Waals surface area contributed by atoms with Gasteiger partial charge in [0.1, 0.15) is 0 Å². The van der Waals surface area contributed by atoms with Gasteiger partial charge in [-0.1, -0.05) is 6.58 Å². The van der Waals surface area contributed by atoms with Crippen molar-refractivity contribution in [2.45, 2.75) is 31.7 Å². The molecule has 2 N–H and O–H groups in total. The van der Waals surface area contributed by atoms with E-state index in [2.05, 4.69) is 6.58 Å². The molecule has 0 aromatic rings. The minimum absolute atomic E-state index is 0.192. The van der Waals surface area contributed by atoms with Gasteiger partial charge in [0.05, 0.1) is 0 Å². The third-order valence-electron chi connectivity index (χ3n) is 2.38. The molecule has 11 heavy (non-hydrogen) atoms. The second-order valence-corrected chi connectivity index (χ2v) is 3.22. The van der Waals surface area contributed by atoms with E-state index in [1.165, 1.54) is 6.08 Å². The fraction of sp³-hybridized carbons (Fsp3) is 0.667. The van der Waals surface area contributed by atoms with Crippen molar-refractivity contribution < 1.29 is 4.79 Å². The van der Waals surface area contributed by atoms with Crippen LogP contribution in [0.4, 0.5) is 0 Å². The summed E-state index contributed by atoms with van der Waals surface area (Å²) in [6.07, 6.45) is 5.31. The lowest BCUT2D eigenvalue weighted by molar-refractivity contribution is -0.119. The molecule has 0 spiro atoms. The minimum atomic E-state index is 0.192. The lowest BCUT2D eigenvalue weighted by Gasteiger charge is -2.23. The molecule has 1 fully saturated rings. The number of rotatable bonds is 2. The summed E-state index contributed by atoms with van der Waals surface area (Å²) in [5.74, 6) is 0.407. The van der Waals surface area contributed by atoms with Crippen LogP contribution >= 0.6 is 0 Å². The van der Waals surface area contributed by atoms with Crippen molar-refractivity contribution in [1.29, 1.82) is 0 Å². The van der Waals surface area contributed by atoms with Crippen molar-refractivity contribution in [3.63, 3.8) is 0 Å². The molecule has 62 valence electrons. The van der Waals surface area contributed by atoms with E-state index in [0.29, 0.717) is 6.04 Å². The summed E-state index contributed by atoms with van der Waals surface area (Å²) in [6, 6.07) is 0.323. The molecule has 0 radical (unpaired) electrons. The molecule has 0 aromatic heterocycles. The van der Waals surface area contributed by atoms with Crippen LogP contribution in [0, 0.1) is 5.92 Å². The predicted molar refractivity (Wildman–Crippen MR) is 45.1 cm³/mol. The summed E-state index contributed by atoms with van der Waals surface area (Å²) in [7, 11) is 0. The molecular weight excluding hydrogens is 138 g/mol. The lowest BCUT2D eigenvalue weighted by atomic mass is 9.84. The normalized spacial score (nSPS) is 31.4. The third kappa shape index (κ3) is 2.15. The Morgan fingerprint density at radius 1 is 1.36 bits per heavy atom. The average Bonchev–Trinajstić information content (AvgIpc) is 2.05. The second-order valence-electron chi connectivity index (χ2n) is 3.22. The lowest BCUT2D eigenvalue weighted by Crippen LogP contribution is -2.29. The minimum Gasteiger partial charge on any atom is -0.328 e. The second kappa shape index (κ2) is 3.67. The standard InChI is InChI=1S/C9H15NO/c1-2-9(11)7-3-5-8(10)6-4-7/h2,7-8H,1,3-6,10H2. The Bertz CT molecular complexity index is 157. The van der Waals surface area contributed by atoms with Crippen LogP contribution in [-0.4, -0.2) is 11.8 Å². The number of hydrogen-bond acceptors (Lipinski definition) is 2. The van der Waals surface area contributed by atoms with Crippen LogP contribution in [0.1, 0.15) is 25.7 Å². The van der Waals surface area contributed by atoms with Crippen LogP contribution in [-0.2, 0) is 4.79 Å². The van der Waals surface area contributed by atoms with E-state index in [1.54, 1.807) is 0 Å². The summed E-state index contributed by atoms with van der Waals surface area (Å²) < 4.78 is 0. The van der Waals surface area contributed by atoms with Gasteiger partial charge in [0.2, 0.25) is 0 Å². The van der Waals surface area contributed by atoms with Crippen LogP contribution in [0.25, 0.3) is 0 Å². The first-order chi connectivity index (χ1) is 5.24. The quantitative estimate of drug-likeness (QED) is 0.607. The monoisotopic (exact) mass is 153 g/mol. The average molecular weight is 153 g/mol. The number of hydrogen-bond donors (Lipinski definition) is 1. The molecule has 0 aromatic carbocycles. The smallest absolute Gasteiger partial charge is 0.158 e. The zero-order valence-electron chi connectivity index (χ0n) is 6.75. The number of carbonyl (C=O) groups excluding carboxylic acids is 1. The molecule has 0 heterocycles. The molecule has 1 aliphatic carbocycles. The van der Waals surface area contributed by atoms with Gasteiger partial charge in [0.15, 0.2) is 5.78 Å². The van der Waals surface area contributed by atoms with Crippen molar-refractivity contribution in [3.8, 4) is 0 Å². The number of allylic oxidation sites excluding steroid dienone is 1. The van der Waals surface area contributed by atoms with Gasteiger partial charge in [-0.15, -0.1) is 0 Å². The first kappa shape index (κ1) is 8.47. The van der Waals surface area contributed by atoms with Crippen LogP contribution in [0.3, 0.4) is 0 Å². The topological polar surface area (TPSA) is 43.1 Å². The van der Waals surface area contributed by atoms with Crippen LogP contribution in [0.15, 0.2) is 12.7 Å². The SMILES string of the molecule is C=CC(=O)C1CCC(N)CC1. The van der Waals surface area contributed by atoms with Crippen molar-refractivity contribution in [2.24, 2.45) is 11.7 Å². The molecule has 2 nitrogen and oxygen atoms in total. The maximum Gasteiger partial charge on any atom is 0.158 e. The van der Waals surface area contributed by atoms with E-state index < -0.39 is 0 Å². The Labute approximate surface area is 67.5 Å². The van der Waals surface area contributed by atoms with Crippen molar-refractivity contribution in [3.05, 3.63) is 12.7 Å². The zero-order chi connectivity index (χ0) is 8.27. The third-order valence-corrected chi connectivity index (χ3v) is 2.38. The fourth-order valence-corrected chi connectivity index (χ4v) is 1.57. The summed E-state index contributed by atoms with van der Waals surface area (Å²) in [5.41, 5.74) is 5.70. The van der Waals surface area contributed by atoms with Gasteiger partial charge in [0.25, 0.3) is 0 Å². The molecule has 0 saturated heterocycles. The Hall–Kier alpha value is -0.630. The molecule has 2 heteroatoms. The van der Waals surface area contributed by atoms with E-state index in [0.717, 1.165) is 25.7 Å². The van der Waals surface area contributed by atoms with Crippen molar-refractivity contribution in [1.82, 2.24) is 0 Å². The zero-order valence-corrected chi connectivity index (χ0v) is 6.75. The number of nitrogens with two attached hydrogens (primary N) is 1. The van der Waals surface area contributed by atoms with E-state index in [4.69, 9.17) is 5.73 Å². The van der Waals surface area contributed by atoms with Gasteiger partial charge in [-0.05, 0) is 31.8 Å². The summed E-state index contributed by atoms with van der Waals surface area (Å²) in [5, 5.41) is 0. The first-order valence-corrected chi connectivity index (χ1v) is 4.16. The summed E-state index contributed by atoms with van der Waals surface area (Å²) >= 11 is 0. The highest BCUT2D eigenvalue weighted by molar-refractivity contribution is 5.91. The molecule has 0 unspecified atom stereocenters. The molecule has 1 aliphatic rings. The fourth-order valence-electron chi connectivity index (χ4n) is 1.57. The maximum absolute atomic E-state index is 11.1. The van der Waals surface area contributed by atoms with Gasteiger partial charge in [-0.2, -0.15) is 0 Å². The highest BCUT2D eigenvalue weighted by Gasteiger charge is 2.22. The largest absolute Gasteiger partial charge is 0.328 e. The molecular formula is C9H15NO. The molecule has 1 saturated carbocycles. The maximum atomic E-state index is 11.1. The highest BCUT2D eigenvalue weighted by atomic mass is 16.1. The predicted octanol–water partition coefficient (Wildman–Crippen LogP) is 1.26. The Morgan fingerprint density at radius 3 is 2.36 bits per heavy atom. The van der Waals surface area contributed by atoms with Crippen LogP contribution in [0.2, 0.25) is 0 Å². The summed E-state index contributed by atoms with van der Waals surface area (Å²) in [6.45, 7) is 3.47. The number of carbonyl (C=O) groups is 1. The molecule has 0 amide bonds. The van der Waals surface area contributed by atoms with Crippen LogP contribution in [0.5, 0.6) is 0 Å². The Kier molecular flexibility index (Phi) is 2.83.